The number of nitrogens with one attached hydrogen (secondary N) is 2. The van der Waals surface area contributed by atoms with Crippen LogP contribution in [0.25, 0.3) is 10.9 Å². The lowest BCUT2D eigenvalue weighted by molar-refractivity contribution is 0.0660. The van der Waals surface area contributed by atoms with Gasteiger partial charge in [-0.25, -0.2) is 18.7 Å². The Kier molecular flexibility index (Phi) is 7.38. The van der Waals surface area contributed by atoms with Crippen molar-refractivity contribution in [3.8, 4) is 5.75 Å². The number of fused-ring (bicyclic) bond motifs is 1. The Morgan fingerprint density at radius 2 is 2.08 bits per heavy atom. The zero-order chi connectivity index (χ0) is 25.1. The molecule has 7 nitrogen and oxygen atoms in total. The first-order chi connectivity index (χ1) is 17.5. The van der Waals surface area contributed by atoms with E-state index in [1.54, 1.807) is 24.4 Å². The van der Waals surface area contributed by atoms with Gasteiger partial charge in [-0.3, -0.25) is 4.79 Å². The molecular weight excluding hydrogens is 466 g/mol. The molecule has 2 aromatic carbocycles. The molecule has 2 fully saturated rings. The number of hydrogen-bond acceptors (Lipinski definition) is 6. The first kappa shape index (κ1) is 24.5. The van der Waals surface area contributed by atoms with Gasteiger partial charge in [-0.2, -0.15) is 0 Å². The molecule has 0 saturated carbocycles. The molecule has 0 bridgehead atoms. The molecule has 190 valence electrons. The number of hydrogen-bond donors (Lipinski definition) is 2. The van der Waals surface area contributed by atoms with Gasteiger partial charge < -0.3 is 20.1 Å². The van der Waals surface area contributed by atoms with Gasteiger partial charge in [-0.05, 0) is 55.0 Å². The topological polar surface area (TPSA) is 85.4 Å². The van der Waals surface area contributed by atoms with Crippen LogP contribution in [0.3, 0.4) is 0 Å². The smallest absolute Gasteiger partial charge is 0.251 e. The average Bonchev–Trinajstić information content (AvgIpc) is 3.33. The van der Waals surface area contributed by atoms with Gasteiger partial charge in [-0.1, -0.05) is 12.1 Å². The summed E-state index contributed by atoms with van der Waals surface area (Å²) in [6, 6.07) is 8.81. The van der Waals surface area contributed by atoms with Crippen molar-refractivity contribution >= 4 is 16.8 Å². The van der Waals surface area contributed by atoms with Gasteiger partial charge in [0.2, 0.25) is 0 Å². The Balaban J connectivity index is 1.38. The summed E-state index contributed by atoms with van der Waals surface area (Å²) in [5.41, 5.74) is 1.65. The molecule has 2 aliphatic heterocycles. The van der Waals surface area contributed by atoms with Gasteiger partial charge in [0, 0.05) is 49.4 Å². The molecule has 36 heavy (non-hydrogen) atoms. The second kappa shape index (κ2) is 10.8. The van der Waals surface area contributed by atoms with E-state index in [9.17, 15) is 13.6 Å². The first-order valence-electron chi connectivity index (χ1n) is 12.4. The van der Waals surface area contributed by atoms with Crippen LogP contribution in [0.15, 0.2) is 42.6 Å². The van der Waals surface area contributed by atoms with E-state index in [-0.39, 0.29) is 30.7 Å². The highest BCUT2D eigenvalue weighted by Gasteiger charge is 2.33. The second-order valence-corrected chi connectivity index (χ2v) is 9.51. The number of aromatic nitrogens is 2. The number of carbonyl (C=O) groups excluding carboxylic acids is 1. The van der Waals surface area contributed by atoms with Crippen molar-refractivity contribution in [2.75, 3.05) is 26.9 Å². The summed E-state index contributed by atoms with van der Waals surface area (Å²) < 4.78 is 38.9. The summed E-state index contributed by atoms with van der Waals surface area (Å²) in [7, 11) is 1.39. The van der Waals surface area contributed by atoms with Crippen molar-refractivity contribution in [2.24, 2.45) is 5.92 Å². The number of carbonyl (C=O) groups is 1. The number of benzene rings is 2. The molecule has 5 rings (SSSR count). The molecule has 9 heteroatoms. The Labute approximate surface area is 208 Å². The number of alkyl halides is 1. The maximum atomic E-state index is 14.5. The van der Waals surface area contributed by atoms with Crippen LogP contribution in [0, 0.1) is 11.7 Å². The predicted molar refractivity (Wildman–Crippen MR) is 131 cm³/mol. The van der Waals surface area contributed by atoms with Crippen molar-refractivity contribution < 1.29 is 23.0 Å². The Bertz CT molecular complexity index is 1230. The molecule has 0 aliphatic carbocycles. The van der Waals surface area contributed by atoms with Gasteiger partial charge in [0.05, 0.1) is 18.7 Å². The number of methoxy groups -OCH3 is 1. The Morgan fingerprint density at radius 3 is 2.81 bits per heavy atom. The highest BCUT2D eigenvalue weighted by atomic mass is 19.1. The molecule has 3 heterocycles. The monoisotopic (exact) mass is 496 g/mol. The van der Waals surface area contributed by atoms with Gasteiger partial charge in [0.25, 0.3) is 5.91 Å². The van der Waals surface area contributed by atoms with Crippen molar-refractivity contribution in [2.45, 2.75) is 43.9 Å². The average molecular weight is 497 g/mol. The third-order valence-corrected chi connectivity index (χ3v) is 7.04. The lowest BCUT2D eigenvalue weighted by atomic mass is 9.96. The van der Waals surface area contributed by atoms with Crippen LogP contribution in [0.1, 0.15) is 47.1 Å². The van der Waals surface area contributed by atoms with Gasteiger partial charge in [0.1, 0.15) is 12.0 Å². The maximum absolute atomic E-state index is 14.5. The SMILES string of the molecule is COc1ccc([C@H](NC(=O)c2ccc3cnc(CC4CCOCC4)nc3c2)[C@H]2C[C@H](F)CN2)cc1F. The lowest BCUT2D eigenvalue weighted by Gasteiger charge is -2.26. The predicted octanol–water partition coefficient (Wildman–Crippen LogP) is 3.92. The van der Waals surface area contributed by atoms with E-state index in [0.29, 0.717) is 22.6 Å². The maximum Gasteiger partial charge on any atom is 0.251 e. The van der Waals surface area contributed by atoms with Gasteiger partial charge in [0.15, 0.2) is 11.6 Å². The molecule has 2 saturated heterocycles. The number of rotatable bonds is 7. The minimum absolute atomic E-state index is 0.109. The third kappa shape index (κ3) is 5.47. The van der Waals surface area contributed by atoms with E-state index < -0.39 is 18.0 Å². The summed E-state index contributed by atoms with van der Waals surface area (Å²) in [6.07, 6.45) is 3.74. The third-order valence-electron chi connectivity index (χ3n) is 7.04. The highest BCUT2D eigenvalue weighted by Crippen LogP contribution is 2.29. The van der Waals surface area contributed by atoms with Crippen LogP contribution in [-0.4, -0.2) is 55.0 Å². The zero-order valence-electron chi connectivity index (χ0n) is 20.2. The number of ether oxygens (including phenoxy) is 2. The summed E-state index contributed by atoms with van der Waals surface area (Å²) in [5.74, 6) is 0.474. The zero-order valence-corrected chi connectivity index (χ0v) is 20.2. The Hall–Kier alpha value is -3.17. The summed E-state index contributed by atoms with van der Waals surface area (Å²) >= 11 is 0. The molecule has 0 radical (unpaired) electrons. The van der Waals surface area contributed by atoms with E-state index in [1.807, 2.05) is 6.07 Å². The quantitative estimate of drug-likeness (QED) is 0.516. The molecule has 2 N–H and O–H groups in total. The summed E-state index contributed by atoms with van der Waals surface area (Å²) in [4.78, 5) is 22.5. The summed E-state index contributed by atoms with van der Waals surface area (Å²) in [5, 5.41) is 6.94. The van der Waals surface area contributed by atoms with Crippen LogP contribution in [0.2, 0.25) is 0 Å². The highest BCUT2D eigenvalue weighted by molar-refractivity contribution is 5.98. The van der Waals surface area contributed by atoms with Crippen molar-refractivity contribution in [1.29, 1.82) is 0 Å². The van der Waals surface area contributed by atoms with Crippen molar-refractivity contribution in [3.63, 3.8) is 0 Å². The van der Waals surface area contributed by atoms with E-state index in [4.69, 9.17) is 14.5 Å². The van der Waals surface area contributed by atoms with Crippen LogP contribution in [0.4, 0.5) is 8.78 Å². The molecule has 0 spiro atoms. The number of nitrogens with zero attached hydrogens (tertiary/aromatic N) is 2. The minimum Gasteiger partial charge on any atom is -0.494 e. The number of amides is 1. The Morgan fingerprint density at radius 1 is 1.25 bits per heavy atom. The van der Waals surface area contributed by atoms with E-state index in [0.717, 1.165) is 43.7 Å². The first-order valence-corrected chi connectivity index (χ1v) is 12.4. The second-order valence-electron chi connectivity index (χ2n) is 9.51. The molecule has 2 aliphatic rings. The molecule has 3 atom stereocenters. The van der Waals surface area contributed by atoms with Crippen LogP contribution >= 0.6 is 0 Å². The summed E-state index contributed by atoms with van der Waals surface area (Å²) in [6.45, 7) is 1.72. The van der Waals surface area contributed by atoms with Crippen LogP contribution in [0.5, 0.6) is 5.75 Å². The fourth-order valence-electron chi connectivity index (χ4n) is 5.00. The fourth-order valence-corrected chi connectivity index (χ4v) is 5.00. The van der Waals surface area contributed by atoms with E-state index in [1.165, 1.54) is 19.2 Å². The van der Waals surface area contributed by atoms with Gasteiger partial charge in [-0.15, -0.1) is 0 Å². The number of halogens is 2. The fraction of sp³-hybridized carbons (Fsp3) is 0.444. The molecule has 0 unspecified atom stereocenters. The normalized spacial score (nSPS) is 21.4. The largest absolute Gasteiger partial charge is 0.494 e. The van der Waals surface area contributed by atoms with E-state index in [2.05, 4.69) is 15.6 Å². The molecule has 3 aromatic rings. The van der Waals surface area contributed by atoms with E-state index >= 15 is 0 Å². The molecule has 1 aromatic heterocycles. The molecular formula is C27H30F2N4O3. The van der Waals surface area contributed by atoms with Crippen molar-refractivity contribution in [1.82, 2.24) is 20.6 Å². The van der Waals surface area contributed by atoms with Crippen molar-refractivity contribution in [3.05, 3.63) is 65.4 Å². The molecule has 1 amide bonds. The minimum atomic E-state index is -1.02. The standard InChI is InChI=1S/C27H30F2N4O3/c1-35-24-5-4-17(11-21(24)29)26(23-13-20(28)15-30-23)33-27(34)18-2-3-19-14-31-25(32-22(19)12-18)10-16-6-8-36-9-7-16/h2-5,11-12,14,16,20,23,26,30H,6-10,13,15H2,1H3,(H,33,34)/t20-,23+,26-/m0/s1. The van der Waals surface area contributed by atoms with Crippen LogP contribution < -0.4 is 15.4 Å². The van der Waals surface area contributed by atoms with Crippen LogP contribution in [-0.2, 0) is 11.2 Å². The lowest BCUT2D eigenvalue weighted by Crippen LogP contribution is -2.41. The van der Waals surface area contributed by atoms with Gasteiger partial charge >= 0.3 is 0 Å².